The molecule has 1 aromatic heterocycles. The van der Waals surface area contributed by atoms with Crippen molar-refractivity contribution in [3.05, 3.63) is 51.7 Å². The first-order valence-corrected chi connectivity index (χ1v) is 6.83. The minimum atomic E-state index is 0.183. The molecule has 1 amide bonds. The molecule has 0 unspecified atom stereocenters. The van der Waals surface area contributed by atoms with Gasteiger partial charge >= 0.3 is 0 Å². The molecule has 0 radical (unpaired) electrons. The summed E-state index contributed by atoms with van der Waals surface area (Å²) in [6, 6.07) is 7.88. The first-order chi connectivity index (χ1) is 8.72. The molecule has 3 nitrogen and oxygen atoms in total. The van der Waals surface area contributed by atoms with Crippen LogP contribution in [-0.4, -0.2) is 10.8 Å². The first kappa shape index (κ1) is 11.3. The van der Waals surface area contributed by atoms with E-state index >= 15 is 0 Å². The van der Waals surface area contributed by atoms with E-state index in [1.165, 1.54) is 11.1 Å². The summed E-state index contributed by atoms with van der Waals surface area (Å²) >= 11 is 1.63. The van der Waals surface area contributed by atoms with Crippen LogP contribution in [-0.2, 0) is 24.3 Å². The molecule has 3 rings (SSSR count). The van der Waals surface area contributed by atoms with Gasteiger partial charge in [-0.3, -0.25) is 4.79 Å². The van der Waals surface area contributed by atoms with Crippen molar-refractivity contribution >= 4 is 22.9 Å². The molecule has 0 aliphatic carbocycles. The average molecular weight is 258 g/mol. The van der Waals surface area contributed by atoms with Gasteiger partial charge in [0.2, 0.25) is 5.91 Å². The van der Waals surface area contributed by atoms with Crippen molar-refractivity contribution in [3.63, 3.8) is 0 Å². The van der Waals surface area contributed by atoms with Gasteiger partial charge in [-0.15, -0.1) is 0 Å². The lowest BCUT2D eigenvalue weighted by Crippen LogP contribution is -2.26. The smallest absolute Gasteiger partial charge is 0.227 e. The maximum Gasteiger partial charge on any atom is 0.227 e. The van der Waals surface area contributed by atoms with Crippen LogP contribution < -0.4 is 5.73 Å². The van der Waals surface area contributed by atoms with Crippen LogP contribution in [0.5, 0.6) is 0 Å². The highest BCUT2D eigenvalue weighted by molar-refractivity contribution is 7.07. The van der Waals surface area contributed by atoms with E-state index in [0.717, 1.165) is 11.3 Å². The molecule has 0 saturated carbocycles. The molecule has 0 bridgehead atoms. The Morgan fingerprint density at radius 1 is 1.28 bits per heavy atom. The highest BCUT2D eigenvalue weighted by atomic mass is 32.1. The Balaban J connectivity index is 1.72. The van der Waals surface area contributed by atoms with E-state index in [1.807, 2.05) is 39.9 Å². The summed E-state index contributed by atoms with van der Waals surface area (Å²) < 4.78 is 0. The number of nitrogens with zero attached hydrogens (tertiary/aromatic N) is 1. The maximum absolute atomic E-state index is 12.2. The number of rotatable bonds is 2. The minimum absolute atomic E-state index is 0.183. The van der Waals surface area contributed by atoms with Gasteiger partial charge in [0.1, 0.15) is 0 Å². The third-order valence-corrected chi connectivity index (χ3v) is 3.97. The Morgan fingerprint density at radius 2 is 2.11 bits per heavy atom. The van der Waals surface area contributed by atoms with Gasteiger partial charge in [0.15, 0.2) is 0 Å². The van der Waals surface area contributed by atoms with Crippen molar-refractivity contribution in [2.75, 3.05) is 5.73 Å². The molecule has 92 valence electrons. The number of hydrogen-bond donors (Lipinski definition) is 1. The number of carbonyl (C=O) groups excluding carboxylic acids is 1. The molecule has 18 heavy (non-hydrogen) atoms. The van der Waals surface area contributed by atoms with Crippen LogP contribution in [0, 0.1) is 0 Å². The molecular formula is C14H14N2OS. The van der Waals surface area contributed by atoms with Gasteiger partial charge in [0.05, 0.1) is 6.42 Å². The topological polar surface area (TPSA) is 46.3 Å². The van der Waals surface area contributed by atoms with Crippen LogP contribution in [0.15, 0.2) is 35.0 Å². The zero-order chi connectivity index (χ0) is 12.5. The Labute approximate surface area is 110 Å². The number of nitrogens with two attached hydrogens (primary N) is 1. The van der Waals surface area contributed by atoms with E-state index in [1.54, 1.807) is 11.3 Å². The van der Waals surface area contributed by atoms with E-state index in [2.05, 4.69) is 0 Å². The second kappa shape index (κ2) is 4.46. The largest absolute Gasteiger partial charge is 0.399 e. The third kappa shape index (κ3) is 2.11. The van der Waals surface area contributed by atoms with Crippen molar-refractivity contribution in [2.24, 2.45) is 0 Å². The molecule has 2 N–H and O–H groups in total. The molecular weight excluding hydrogens is 244 g/mol. The van der Waals surface area contributed by atoms with Crippen LogP contribution in [0.2, 0.25) is 0 Å². The van der Waals surface area contributed by atoms with Crippen LogP contribution in [0.25, 0.3) is 0 Å². The lowest BCUT2D eigenvalue weighted by atomic mass is 10.1. The molecule has 1 aliphatic heterocycles. The zero-order valence-electron chi connectivity index (χ0n) is 9.93. The molecule has 2 heterocycles. The molecule has 2 aromatic rings. The van der Waals surface area contributed by atoms with Crippen LogP contribution in [0.3, 0.4) is 0 Å². The van der Waals surface area contributed by atoms with Crippen molar-refractivity contribution in [1.82, 2.24) is 4.90 Å². The number of nitrogen functional groups attached to an aromatic ring is 1. The summed E-state index contributed by atoms with van der Waals surface area (Å²) in [5, 5.41) is 4.03. The van der Waals surface area contributed by atoms with Gasteiger partial charge in [0, 0.05) is 18.8 Å². The van der Waals surface area contributed by atoms with Gasteiger partial charge in [-0.05, 0) is 45.6 Å². The number of benzene rings is 1. The Kier molecular flexibility index (Phi) is 2.80. The van der Waals surface area contributed by atoms with Gasteiger partial charge in [-0.1, -0.05) is 6.07 Å². The maximum atomic E-state index is 12.2. The summed E-state index contributed by atoms with van der Waals surface area (Å²) in [6.07, 6.45) is 0.493. The number of thiophene rings is 1. The summed E-state index contributed by atoms with van der Waals surface area (Å²) in [4.78, 5) is 14.1. The minimum Gasteiger partial charge on any atom is -0.399 e. The Morgan fingerprint density at radius 3 is 2.89 bits per heavy atom. The van der Waals surface area contributed by atoms with Crippen molar-refractivity contribution in [1.29, 1.82) is 0 Å². The number of hydrogen-bond acceptors (Lipinski definition) is 3. The van der Waals surface area contributed by atoms with Crippen molar-refractivity contribution < 1.29 is 4.79 Å². The van der Waals surface area contributed by atoms with E-state index in [9.17, 15) is 4.79 Å². The first-order valence-electron chi connectivity index (χ1n) is 5.88. The third-order valence-electron chi connectivity index (χ3n) is 3.24. The molecule has 4 heteroatoms. The van der Waals surface area contributed by atoms with E-state index in [4.69, 9.17) is 5.73 Å². The summed E-state index contributed by atoms with van der Waals surface area (Å²) in [6.45, 7) is 1.39. The monoisotopic (exact) mass is 258 g/mol. The summed E-state index contributed by atoms with van der Waals surface area (Å²) in [7, 11) is 0. The molecule has 0 fully saturated rings. The second-order valence-electron chi connectivity index (χ2n) is 4.59. The molecule has 0 atom stereocenters. The van der Waals surface area contributed by atoms with E-state index < -0.39 is 0 Å². The van der Waals surface area contributed by atoms with Crippen LogP contribution in [0.1, 0.15) is 16.7 Å². The number of anilines is 1. The van der Waals surface area contributed by atoms with E-state index in [0.29, 0.717) is 19.5 Å². The van der Waals surface area contributed by atoms with Gasteiger partial charge in [0.25, 0.3) is 0 Å². The Bertz CT molecular complexity index is 577. The normalized spacial score (nSPS) is 13.7. The molecule has 0 spiro atoms. The van der Waals surface area contributed by atoms with E-state index in [-0.39, 0.29) is 5.91 Å². The predicted molar refractivity (Wildman–Crippen MR) is 73.1 cm³/mol. The number of carbonyl (C=O) groups is 1. The molecule has 1 aliphatic rings. The van der Waals surface area contributed by atoms with Crippen molar-refractivity contribution in [2.45, 2.75) is 19.5 Å². The second-order valence-corrected chi connectivity index (χ2v) is 5.37. The average Bonchev–Trinajstić information content (AvgIpc) is 2.96. The Hall–Kier alpha value is -1.81. The van der Waals surface area contributed by atoms with Crippen molar-refractivity contribution in [3.8, 4) is 0 Å². The number of amides is 1. The van der Waals surface area contributed by atoms with Gasteiger partial charge in [-0.25, -0.2) is 0 Å². The fourth-order valence-corrected chi connectivity index (χ4v) is 2.94. The summed E-state index contributed by atoms with van der Waals surface area (Å²) in [5.74, 6) is 0.183. The lowest BCUT2D eigenvalue weighted by molar-refractivity contribution is -0.131. The fraction of sp³-hybridized carbons (Fsp3) is 0.214. The standard InChI is InChI=1S/C14H14N2OS/c15-13-2-1-11-7-16(8-12(11)6-13)14(17)5-10-3-4-18-9-10/h1-4,6,9H,5,7-8,15H2. The predicted octanol–water partition coefficient (Wildman–Crippen LogP) is 2.42. The van der Waals surface area contributed by atoms with Crippen LogP contribution in [0.4, 0.5) is 5.69 Å². The zero-order valence-corrected chi connectivity index (χ0v) is 10.7. The number of fused-ring (bicyclic) bond motifs is 1. The molecule has 1 aromatic carbocycles. The SMILES string of the molecule is Nc1ccc2c(c1)CN(C(=O)Cc1ccsc1)C2. The summed E-state index contributed by atoms with van der Waals surface area (Å²) in [5.41, 5.74) is 10.0. The van der Waals surface area contributed by atoms with Crippen LogP contribution >= 0.6 is 11.3 Å². The van der Waals surface area contributed by atoms with Gasteiger partial charge < -0.3 is 10.6 Å². The highest BCUT2D eigenvalue weighted by Gasteiger charge is 2.23. The lowest BCUT2D eigenvalue weighted by Gasteiger charge is -2.14. The van der Waals surface area contributed by atoms with Gasteiger partial charge in [-0.2, -0.15) is 11.3 Å². The molecule has 0 saturated heterocycles. The highest BCUT2D eigenvalue weighted by Crippen LogP contribution is 2.25. The fourth-order valence-electron chi connectivity index (χ4n) is 2.27. The quantitative estimate of drug-likeness (QED) is 0.841.